The van der Waals surface area contributed by atoms with Crippen molar-refractivity contribution in [2.75, 3.05) is 11.5 Å². The molecule has 0 bridgehead atoms. The van der Waals surface area contributed by atoms with E-state index in [2.05, 4.69) is 37.4 Å². The van der Waals surface area contributed by atoms with Crippen LogP contribution in [-0.2, 0) is 0 Å². The van der Waals surface area contributed by atoms with Crippen molar-refractivity contribution in [1.82, 2.24) is 0 Å². The van der Waals surface area contributed by atoms with Crippen LogP contribution in [0.5, 0.6) is 0 Å². The van der Waals surface area contributed by atoms with Crippen molar-refractivity contribution in [3.8, 4) is 12.1 Å². The number of hydrogen-bond acceptors (Lipinski definition) is 6. The van der Waals surface area contributed by atoms with Crippen molar-refractivity contribution in [3.05, 3.63) is 8.47 Å². The third-order valence-electron chi connectivity index (χ3n) is 1.09. The largest absolute Gasteiger partial charge is 0.198 e. The summed E-state index contributed by atoms with van der Waals surface area (Å²) in [6.45, 7) is 0. The zero-order valence-corrected chi connectivity index (χ0v) is 10.9. The Morgan fingerprint density at radius 3 is 1.57 bits per heavy atom. The van der Waals surface area contributed by atoms with E-state index in [4.69, 9.17) is 10.5 Å². The Hall–Kier alpha value is 0.120. The second-order valence-electron chi connectivity index (χ2n) is 2.12. The van der Waals surface area contributed by atoms with Gasteiger partial charge in [-0.05, 0) is 0 Å². The third kappa shape index (κ3) is 7.52. The van der Waals surface area contributed by atoms with E-state index in [-0.39, 0.29) is 0 Å². The maximum Gasteiger partial charge on any atom is 0.0630 e. The highest BCUT2D eigenvalue weighted by Gasteiger charge is 2.00. The average Bonchev–Trinajstić information content (AvgIpc) is 2.18. The molecule has 0 radical (unpaired) electrons. The Bertz CT molecular complexity index is 246. The summed E-state index contributed by atoms with van der Waals surface area (Å²) in [5, 5.41) is 16.7. The van der Waals surface area contributed by atoms with Crippen LogP contribution in [0.3, 0.4) is 0 Å². The van der Waals surface area contributed by atoms with Gasteiger partial charge in [-0.25, -0.2) is 0 Å². The molecular weight excluding hydrogens is 252 g/mol. The Labute approximate surface area is 104 Å². The fourth-order valence-corrected chi connectivity index (χ4v) is 2.82. The maximum absolute atomic E-state index is 8.33. The van der Waals surface area contributed by atoms with Crippen LogP contribution < -0.4 is 0 Å². The smallest absolute Gasteiger partial charge is 0.0630 e. The van der Waals surface area contributed by atoms with E-state index in [1.165, 1.54) is 23.5 Å². The van der Waals surface area contributed by atoms with Gasteiger partial charge in [0.2, 0.25) is 0 Å². The summed E-state index contributed by atoms with van der Waals surface area (Å²) < 4.78 is 1.65. The summed E-state index contributed by atoms with van der Waals surface area (Å²) in [5.41, 5.74) is 0. The highest BCUT2D eigenvalue weighted by Crippen LogP contribution is 2.33. The lowest BCUT2D eigenvalue weighted by molar-refractivity contribution is 1.24. The van der Waals surface area contributed by atoms with Crippen LogP contribution in [0.1, 0.15) is 12.8 Å². The van der Waals surface area contributed by atoms with Crippen molar-refractivity contribution in [2.24, 2.45) is 0 Å². The molecule has 0 aliphatic heterocycles. The molecule has 0 aliphatic rings. The van der Waals surface area contributed by atoms with Crippen LogP contribution in [0.25, 0.3) is 0 Å². The van der Waals surface area contributed by atoms with E-state index in [0.717, 1.165) is 20.0 Å². The predicted octanol–water partition coefficient (Wildman–Crippen LogP) is 3.27. The molecule has 0 aromatic heterocycles. The summed E-state index contributed by atoms with van der Waals surface area (Å²) in [6, 6.07) is 4.12. The van der Waals surface area contributed by atoms with Gasteiger partial charge in [-0.1, -0.05) is 0 Å². The molecule has 0 atom stereocenters. The van der Waals surface area contributed by atoms with Gasteiger partial charge in [0.15, 0.2) is 0 Å². The van der Waals surface area contributed by atoms with Crippen LogP contribution in [0.4, 0.5) is 0 Å². The summed E-state index contributed by atoms with van der Waals surface area (Å²) in [5.74, 6) is 1.47. The van der Waals surface area contributed by atoms with Gasteiger partial charge in [-0.2, -0.15) is 10.5 Å². The van der Waals surface area contributed by atoms with E-state index in [9.17, 15) is 0 Å². The lowest BCUT2D eigenvalue weighted by Gasteiger charge is -2.02. The minimum Gasteiger partial charge on any atom is -0.198 e. The molecule has 6 heteroatoms. The van der Waals surface area contributed by atoms with Gasteiger partial charge in [0.1, 0.15) is 0 Å². The zero-order valence-electron chi connectivity index (χ0n) is 7.43. The SMILES string of the molecule is N#CCCS/C(S)=C(/S)SCCC#N. The summed E-state index contributed by atoms with van der Waals surface area (Å²) in [7, 11) is 0. The van der Waals surface area contributed by atoms with Crippen molar-refractivity contribution < 1.29 is 0 Å². The first-order valence-electron chi connectivity index (χ1n) is 3.84. The number of nitriles is 2. The number of thiol groups is 2. The van der Waals surface area contributed by atoms with Crippen molar-refractivity contribution in [3.63, 3.8) is 0 Å². The van der Waals surface area contributed by atoms with E-state index < -0.39 is 0 Å². The second kappa shape index (κ2) is 9.67. The molecule has 0 spiro atoms. The van der Waals surface area contributed by atoms with Crippen molar-refractivity contribution >= 4 is 48.8 Å². The van der Waals surface area contributed by atoms with E-state index in [1.54, 1.807) is 0 Å². The maximum atomic E-state index is 8.33. The average molecular weight is 262 g/mol. The van der Waals surface area contributed by atoms with E-state index in [0.29, 0.717) is 12.8 Å². The van der Waals surface area contributed by atoms with E-state index >= 15 is 0 Å². The van der Waals surface area contributed by atoms with Gasteiger partial charge in [-0.3, -0.25) is 0 Å². The van der Waals surface area contributed by atoms with E-state index in [1.807, 2.05) is 0 Å². The minimum absolute atomic E-state index is 0.513. The Morgan fingerprint density at radius 2 is 1.29 bits per heavy atom. The molecule has 0 rings (SSSR count). The van der Waals surface area contributed by atoms with Crippen molar-refractivity contribution in [1.29, 1.82) is 10.5 Å². The van der Waals surface area contributed by atoms with Gasteiger partial charge in [-0.15, -0.1) is 48.8 Å². The lowest BCUT2D eigenvalue weighted by Crippen LogP contribution is -1.79. The topological polar surface area (TPSA) is 47.6 Å². The van der Waals surface area contributed by atoms with Gasteiger partial charge in [0.25, 0.3) is 0 Å². The van der Waals surface area contributed by atoms with Crippen LogP contribution >= 0.6 is 48.8 Å². The molecule has 0 fully saturated rings. The molecule has 0 amide bonds. The summed E-state index contributed by atoms with van der Waals surface area (Å²) in [4.78, 5) is 0. The first-order chi connectivity index (χ1) is 6.72. The summed E-state index contributed by atoms with van der Waals surface area (Å²) in [6.07, 6.45) is 1.03. The van der Waals surface area contributed by atoms with Gasteiger partial charge >= 0.3 is 0 Å². The molecule has 76 valence electrons. The first kappa shape index (κ1) is 14.1. The predicted molar refractivity (Wildman–Crippen MR) is 70.4 cm³/mol. The molecule has 0 aromatic rings. The highest BCUT2D eigenvalue weighted by molar-refractivity contribution is 8.21. The molecular formula is C8H10N2S4. The van der Waals surface area contributed by atoms with Gasteiger partial charge in [0, 0.05) is 24.3 Å². The molecule has 0 saturated heterocycles. The standard InChI is InChI=1S/C8H10N2S4/c9-3-1-5-13-7(11)8(12)14-6-2-4-10/h11-12H,1-2,5-6H2/b8-7-. The zero-order chi connectivity index (χ0) is 10.8. The lowest BCUT2D eigenvalue weighted by atomic mass is 10.6. The highest BCUT2D eigenvalue weighted by atomic mass is 32.2. The normalized spacial score (nSPS) is 11.4. The number of thioether (sulfide) groups is 2. The molecule has 0 aromatic carbocycles. The Morgan fingerprint density at radius 1 is 0.929 bits per heavy atom. The Balaban J connectivity index is 3.79. The van der Waals surface area contributed by atoms with Crippen molar-refractivity contribution in [2.45, 2.75) is 12.8 Å². The monoisotopic (exact) mass is 262 g/mol. The fraction of sp³-hybridized carbons (Fsp3) is 0.500. The molecule has 0 N–H and O–H groups in total. The minimum atomic E-state index is 0.513. The van der Waals surface area contributed by atoms with Crippen LogP contribution in [0.15, 0.2) is 8.47 Å². The van der Waals surface area contributed by atoms with Crippen LogP contribution in [-0.4, -0.2) is 11.5 Å². The second-order valence-corrected chi connectivity index (χ2v) is 5.83. The number of rotatable bonds is 6. The van der Waals surface area contributed by atoms with Gasteiger partial charge in [0.05, 0.1) is 20.6 Å². The molecule has 14 heavy (non-hydrogen) atoms. The Kier molecular flexibility index (Phi) is 9.75. The van der Waals surface area contributed by atoms with Crippen LogP contribution in [0.2, 0.25) is 0 Å². The van der Waals surface area contributed by atoms with Crippen LogP contribution in [0, 0.1) is 22.7 Å². The molecule has 0 aliphatic carbocycles. The molecule has 0 saturated carbocycles. The molecule has 2 nitrogen and oxygen atoms in total. The van der Waals surface area contributed by atoms with Gasteiger partial charge < -0.3 is 0 Å². The number of hydrogen-bond donors (Lipinski definition) is 2. The fourth-order valence-electron chi connectivity index (χ4n) is 0.510. The summed E-state index contributed by atoms with van der Waals surface area (Å²) >= 11 is 11.5. The first-order valence-corrected chi connectivity index (χ1v) is 6.70. The number of nitrogens with zero attached hydrogens (tertiary/aromatic N) is 2. The molecule has 0 heterocycles. The molecule has 0 unspecified atom stereocenters. The quantitative estimate of drug-likeness (QED) is 0.570. The third-order valence-corrected chi connectivity index (χ3v) is 4.69.